The van der Waals surface area contributed by atoms with E-state index in [2.05, 4.69) is 15.6 Å². The van der Waals surface area contributed by atoms with Gasteiger partial charge in [-0.2, -0.15) is 0 Å². The van der Waals surface area contributed by atoms with Gasteiger partial charge in [-0.15, -0.1) is 5.10 Å². The Morgan fingerprint density at radius 3 is 3.07 bits per heavy atom. The van der Waals surface area contributed by atoms with Gasteiger partial charge in [0.25, 0.3) is 0 Å². The first kappa shape index (κ1) is 11.6. The molecule has 0 bridgehead atoms. The second-order valence-electron chi connectivity index (χ2n) is 3.55. The fraction of sp³-hybridized carbons (Fsp3) is 0.667. The highest BCUT2D eigenvalue weighted by atomic mass is 16.1. The maximum Gasteiger partial charge on any atom is 0.221 e. The molecule has 0 aliphatic rings. The molecule has 1 atom stereocenters. The van der Waals surface area contributed by atoms with Gasteiger partial charge < -0.3 is 11.1 Å². The Kier molecular flexibility index (Phi) is 4.76. The molecule has 0 fully saturated rings. The van der Waals surface area contributed by atoms with Gasteiger partial charge in [-0.1, -0.05) is 5.21 Å². The van der Waals surface area contributed by atoms with Gasteiger partial charge in [0.05, 0.1) is 6.20 Å². The Morgan fingerprint density at radius 1 is 1.67 bits per heavy atom. The van der Waals surface area contributed by atoms with E-state index in [4.69, 9.17) is 5.73 Å². The van der Waals surface area contributed by atoms with Crippen molar-refractivity contribution in [2.75, 3.05) is 6.54 Å². The number of rotatable bonds is 6. The Morgan fingerprint density at radius 2 is 2.47 bits per heavy atom. The summed E-state index contributed by atoms with van der Waals surface area (Å²) in [6, 6.07) is -0.0830. The summed E-state index contributed by atoms with van der Waals surface area (Å²) in [5.41, 5.74) is 5.49. The number of hydrogen-bond donors (Lipinski definition) is 2. The molecule has 0 spiro atoms. The highest BCUT2D eigenvalue weighted by molar-refractivity contribution is 5.76. The number of amides is 1. The molecule has 1 unspecified atom stereocenters. The Hall–Kier alpha value is -1.43. The van der Waals surface area contributed by atoms with Crippen molar-refractivity contribution >= 4 is 5.91 Å². The van der Waals surface area contributed by atoms with Crippen molar-refractivity contribution in [1.82, 2.24) is 20.3 Å². The summed E-state index contributed by atoms with van der Waals surface area (Å²) in [6.45, 7) is 3.22. The van der Waals surface area contributed by atoms with Crippen LogP contribution in [0.5, 0.6) is 0 Å². The van der Waals surface area contributed by atoms with E-state index in [0.29, 0.717) is 13.0 Å². The topological polar surface area (TPSA) is 85.8 Å². The van der Waals surface area contributed by atoms with Crippen molar-refractivity contribution in [3.8, 4) is 0 Å². The third-order valence-electron chi connectivity index (χ3n) is 1.87. The van der Waals surface area contributed by atoms with Gasteiger partial charge in [-0.05, 0) is 13.3 Å². The van der Waals surface area contributed by atoms with Crippen LogP contribution in [0.3, 0.4) is 0 Å². The molecule has 0 aliphatic carbocycles. The lowest BCUT2D eigenvalue weighted by Crippen LogP contribution is -2.30. The lowest BCUT2D eigenvalue weighted by atomic mass is 10.2. The Balaban J connectivity index is 2.04. The maximum atomic E-state index is 11.2. The minimum atomic E-state index is -0.0830. The van der Waals surface area contributed by atoms with Gasteiger partial charge >= 0.3 is 0 Å². The number of aromatic nitrogens is 3. The zero-order valence-corrected chi connectivity index (χ0v) is 8.89. The number of hydrogen-bond acceptors (Lipinski definition) is 4. The van der Waals surface area contributed by atoms with Crippen LogP contribution in [0.4, 0.5) is 0 Å². The van der Waals surface area contributed by atoms with Crippen molar-refractivity contribution < 1.29 is 4.79 Å². The van der Waals surface area contributed by atoms with Crippen LogP contribution in [0.15, 0.2) is 12.4 Å². The summed E-state index contributed by atoms with van der Waals surface area (Å²) in [4.78, 5) is 11.2. The number of nitrogens with one attached hydrogen (secondary N) is 1. The van der Waals surface area contributed by atoms with Gasteiger partial charge in [0, 0.05) is 31.7 Å². The number of aryl methyl sites for hydroxylation is 1. The second-order valence-corrected chi connectivity index (χ2v) is 3.55. The average molecular weight is 211 g/mol. The van der Waals surface area contributed by atoms with Gasteiger partial charge in [0.1, 0.15) is 0 Å². The molecule has 3 N–H and O–H groups in total. The molecule has 1 amide bonds. The van der Waals surface area contributed by atoms with Crippen LogP contribution >= 0.6 is 0 Å². The molecule has 15 heavy (non-hydrogen) atoms. The number of carbonyl (C=O) groups is 1. The number of nitrogens with zero attached hydrogens (tertiary/aromatic N) is 3. The fourth-order valence-electron chi connectivity index (χ4n) is 1.19. The molecule has 6 nitrogen and oxygen atoms in total. The van der Waals surface area contributed by atoms with E-state index in [-0.39, 0.29) is 11.9 Å². The Labute approximate surface area is 88.8 Å². The molecular weight excluding hydrogens is 194 g/mol. The fourth-order valence-corrected chi connectivity index (χ4v) is 1.19. The van der Waals surface area contributed by atoms with Crippen molar-refractivity contribution in [2.45, 2.75) is 32.4 Å². The van der Waals surface area contributed by atoms with Crippen LogP contribution in [-0.4, -0.2) is 33.5 Å². The van der Waals surface area contributed by atoms with E-state index in [1.807, 2.05) is 6.92 Å². The third kappa shape index (κ3) is 5.11. The van der Waals surface area contributed by atoms with E-state index >= 15 is 0 Å². The van der Waals surface area contributed by atoms with E-state index in [1.54, 1.807) is 17.1 Å². The molecule has 6 heteroatoms. The summed E-state index contributed by atoms with van der Waals surface area (Å²) in [5, 5.41) is 10.3. The van der Waals surface area contributed by atoms with Crippen molar-refractivity contribution in [3.05, 3.63) is 12.4 Å². The highest BCUT2D eigenvalue weighted by Crippen LogP contribution is 1.88. The molecule has 1 aromatic rings. The van der Waals surface area contributed by atoms with Crippen molar-refractivity contribution in [1.29, 1.82) is 0 Å². The summed E-state index contributed by atoms with van der Waals surface area (Å²) < 4.78 is 1.73. The van der Waals surface area contributed by atoms with E-state index in [1.165, 1.54) is 0 Å². The molecule has 0 aromatic carbocycles. The van der Waals surface area contributed by atoms with Gasteiger partial charge in [-0.25, -0.2) is 0 Å². The van der Waals surface area contributed by atoms with Crippen molar-refractivity contribution in [3.63, 3.8) is 0 Å². The minimum absolute atomic E-state index is 0.00332. The van der Waals surface area contributed by atoms with E-state index in [9.17, 15) is 4.79 Å². The quantitative estimate of drug-likeness (QED) is 0.622. The minimum Gasteiger partial charge on any atom is -0.356 e. The number of carbonyl (C=O) groups excluding carboxylic acids is 1. The van der Waals surface area contributed by atoms with Crippen LogP contribution in [0.25, 0.3) is 0 Å². The smallest absolute Gasteiger partial charge is 0.221 e. The lowest BCUT2D eigenvalue weighted by Gasteiger charge is -2.06. The standard InChI is InChI=1S/C9H17N5O/c1-8(10)7-9(15)11-3-2-5-14-6-4-12-13-14/h4,6,8H,2-3,5,7,10H2,1H3,(H,11,15). The molecule has 1 aromatic heterocycles. The average Bonchev–Trinajstić information content (AvgIpc) is 2.63. The predicted octanol–water partition coefficient (Wildman–Crippen LogP) is -0.478. The largest absolute Gasteiger partial charge is 0.356 e. The zero-order valence-electron chi connectivity index (χ0n) is 8.89. The first-order valence-electron chi connectivity index (χ1n) is 5.05. The maximum absolute atomic E-state index is 11.2. The molecule has 0 saturated carbocycles. The van der Waals surface area contributed by atoms with E-state index in [0.717, 1.165) is 13.0 Å². The monoisotopic (exact) mass is 211 g/mol. The normalized spacial score (nSPS) is 12.4. The SMILES string of the molecule is CC(N)CC(=O)NCCCn1ccnn1. The van der Waals surface area contributed by atoms with E-state index < -0.39 is 0 Å². The molecule has 0 aliphatic heterocycles. The summed E-state index contributed by atoms with van der Waals surface area (Å²) >= 11 is 0. The van der Waals surface area contributed by atoms with Gasteiger partial charge in [0.15, 0.2) is 0 Å². The molecular formula is C9H17N5O. The predicted molar refractivity (Wildman–Crippen MR) is 55.9 cm³/mol. The summed E-state index contributed by atoms with van der Waals surface area (Å²) in [6.07, 6.45) is 4.65. The van der Waals surface area contributed by atoms with Crippen LogP contribution < -0.4 is 11.1 Å². The third-order valence-corrected chi connectivity index (χ3v) is 1.87. The van der Waals surface area contributed by atoms with Crippen LogP contribution in [-0.2, 0) is 11.3 Å². The molecule has 84 valence electrons. The van der Waals surface area contributed by atoms with Gasteiger partial charge in [0.2, 0.25) is 5.91 Å². The first-order valence-corrected chi connectivity index (χ1v) is 5.05. The van der Waals surface area contributed by atoms with Crippen molar-refractivity contribution in [2.24, 2.45) is 5.73 Å². The molecule has 1 rings (SSSR count). The van der Waals surface area contributed by atoms with Crippen LogP contribution in [0.2, 0.25) is 0 Å². The molecule has 0 saturated heterocycles. The zero-order chi connectivity index (χ0) is 11.1. The van der Waals surface area contributed by atoms with Crippen LogP contribution in [0, 0.1) is 0 Å². The highest BCUT2D eigenvalue weighted by Gasteiger charge is 2.03. The second kappa shape index (κ2) is 6.13. The van der Waals surface area contributed by atoms with Gasteiger partial charge in [-0.3, -0.25) is 9.48 Å². The van der Waals surface area contributed by atoms with Crippen LogP contribution in [0.1, 0.15) is 19.8 Å². The first-order chi connectivity index (χ1) is 7.18. The molecule has 1 heterocycles. The Bertz CT molecular complexity index is 283. The lowest BCUT2D eigenvalue weighted by molar-refractivity contribution is -0.121. The molecule has 0 radical (unpaired) electrons. The summed E-state index contributed by atoms with van der Waals surface area (Å²) in [5.74, 6) is 0.00332. The summed E-state index contributed by atoms with van der Waals surface area (Å²) in [7, 11) is 0. The number of nitrogens with two attached hydrogens (primary N) is 1.